The predicted molar refractivity (Wildman–Crippen MR) is 103 cm³/mol. The number of nitrogens with zero attached hydrogens (tertiary/aromatic N) is 3. The molecule has 0 bridgehead atoms. The molecule has 0 saturated heterocycles. The molecule has 24 heavy (non-hydrogen) atoms. The summed E-state index contributed by atoms with van der Waals surface area (Å²) in [6, 6.07) is 2.18. The fourth-order valence-corrected chi connectivity index (χ4v) is 3.69. The lowest BCUT2D eigenvalue weighted by Gasteiger charge is -2.16. The van der Waals surface area contributed by atoms with Crippen LogP contribution in [0.3, 0.4) is 0 Å². The highest BCUT2D eigenvalue weighted by atomic mass is 32.1. The molecule has 0 aliphatic rings. The van der Waals surface area contributed by atoms with Crippen molar-refractivity contribution in [3.05, 3.63) is 39.3 Å². The average Bonchev–Trinajstić information content (AvgIpc) is 3.22. The predicted octanol–water partition coefficient (Wildman–Crippen LogP) is 3.08. The van der Waals surface area contributed by atoms with Gasteiger partial charge in [-0.25, -0.2) is 0 Å². The SMILES string of the molecule is CCc1nn(C)c(CC)c1CNC(=NC)NCC(C)c1ccsc1. The van der Waals surface area contributed by atoms with Crippen LogP contribution in [0.1, 0.15) is 49.2 Å². The van der Waals surface area contributed by atoms with Gasteiger partial charge in [-0.2, -0.15) is 16.4 Å². The third-order valence-corrected chi connectivity index (χ3v) is 5.07. The van der Waals surface area contributed by atoms with E-state index in [4.69, 9.17) is 0 Å². The van der Waals surface area contributed by atoms with Crippen LogP contribution in [0, 0.1) is 0 Å². The lowest BCUT2D eigenvalue weighted by atomic mass is 10.1. The molecule has 0 aliphatic carbocycles. The van der Waals surface area contributed by atoms with Crippen LogP contribution < -0.4 is 10.6 Å². The van der Waals surface area contributed by atoms with Crippen LogP contribution in [-0.2, 0) is 26.4 Å². The fourth-order valence-electron chi connectivity index (χ4n) is 2.91. The Balaban J connectivity index is 1.94. The Bertz CT molecular complexity index is 657. The molecule has 1 unspecified atom stereocenters. The molecule has 0 saturated carbocycles. The summed E-state index contributed by atoms with van der Waals surface area (Å²) in [7, 11) is 3.84. The highest BCUT2D eigenvalue weighted by Crippen LogP contribution is 2.17. The first-order valence-corrected chi connectivity index (χ1v) is 9.55. The number of aromatic nitrogens is 2. The topological polar surface area (TPSA) is 54.2 Å². The molecule has 2 heterocycles. The van der Waals surface area contributed by atoms with E-state index < -0.39 is 0 Å². The second kappa shape index (κ2) is 8.87. The Labute approximate surface area is 149 Å². The van der Waals surface area contributed by atoms with Crippen LogP contribution in [0.2, 0.25) is 0 Å². The first kappa shape index (κ1) is 18.5. The minimum Gasteiger partial charge on any atom is -0.356 e. The van der Waals surface area contributed by atoms with Gasteiger partial charge in [-0.05, 0) is 41.1 Å². The van der Waals surface area contributed by atoms with Gasteiger partial charge in [-0.3, -0.25) is 9.67 Å². The Morgan fingerprint density at radius 1 is 1.33 bits per heavy atom. The Morgan fingerprint density at radius 2 is 2.12 bits per heavy atom. The number of aryl methyl sites for hydroxylation is 2. The van der Waals surface area contributed by atoms with Crippen molar-refractivity contribution < 1.29 is 0 Å². The lowest BCUT2D eigenvalue weighted by Crippen LogP contribution is -2.38. The summed E-state index contributed by atoms with van der Waals surface area (Å²) in [5.74, 6) is 1.30. The van der Waals surface area contributed by atoms with Crippen molar-refractivity contribution in [3.63, 3.8) is 0 Å². The van der Waals surface area contributed by atoms with Crippen LogP contribution in [0.15, 0.2) is 21.8 Å². The Morgan fingerprint density at radius 3 is 2.71 bits per heavy atom. The Kier molecular flexibility index (Phi) is 6.85. The van der Waals surface area contributed by atoms with Crippen molar-refractivity contribution >= 4 is 17.3 Å². The maximum absolute atomic E-state index is 4.63. The van der Waals surface area contributed by atoms with Crippen LogP contribution in [0.25, 0.3) is 0 Å². The van der Waals surface area contributed by atoms with Gasteiger partial charge in [0.1, 0.15) is 0 Å². The fraction of sp³-hybridized carbons (Fsp3) is 0.556. The third kappa shape index (κ3) is 4.38. The molecule has 0 fully saturated rings. The van der Waals surface area contributed by atoms with Crippen molar-refractivity contribution in [2.45, 2.75) is 46.1 Å². The molecule has 2 aromatic heterocycles. The molecule has 2 aromatic rings. The normalized spacial score (nSPS) is 13.1. The highest BCUT2D eigenvalue weighted by molar-refractivity contribution is 7.07. The number of nitrogens with one attached hydrogen (secondary N) is 2. The molecular weight excluding hydrogens is 318 g/mol. The lowest BCUT2D eigenvalue weighted by molar-refractivity contribution is 0.695. The summed E-state index contributed by atoms with van der Waals surface area (Å²) in [6.45, 7) is 8.18. The standard InChI is InChI=1S/C18H29N5S/c1-6-16-15(17(7-2)23(5)22-16)11-21-18(19-4)20-10-13(3)14-8-9-24-12-14/h8-9,12-13H,6-7,10-11H2,1-5H3,(H2,19,20,21). The zero-order chi connectivity index (χ0) is 17.5. The van der Waals surface area contributed by atoms with E-state index in [1.165, 1.54) is 22.5 Å². The van der Waals surface area contributed by atoms with Crippen molar-refractivity contribution in [1.82, 2.24) is 20.4 Å². The number of rotatable bonds is 7. The molecular formula is C18H29N5S. The van der Waals surface area contributed by atoms with E-state index in [1.807, 2.05) is 18.8 Å². The van der Waals surface area contributed by atoms with E-state index in [-0.39, 0.29) is 0 Å². The van der Waals surface area contributed by atoms with Crippen LogP contribution >= 0.6 is 11.3 Å². The minimum absolute atomic E-state index is 0.464. The monoisotopic (exact) mass is 347 g/mol. The van der Waals surface area contributed by atoms with Crippen molar-refractivity contribution in [1.29, 1.82) is 0 Å². The molecule has 6 heteroatoms. The smallest absolute Gasteiger partial charge is 0.191 e. The molecule has 0 radical (unpaired) electrons. The van der Waals surface area contributed by atoms with Gasteiger partial charge in [-0.15, -0.1) is 0 Å². The van der Waals surface area contributed by atoms with E-state index in [9.17, 15) is 0 Å². The molecule has 5 nitrogen and oxygen atoms in total. The van der Waals surface area contributed by atoms with E-state index >= 15 is 0 Å². The van der Waals surface area contributed by atoms with Gasteiger partial charge in [0.15, 0.2) is 5.96 Å². The van der Waals surface area contributed by atoms with Gasteiger partial charge in [0.05, 0.1) is 5.69 Å². The zero-order valence-electron chi connectivity index (χ0n) is 15.4. The molecule has 2 N–H and O–H groups in total. The number of thiophene rings is 1. The van der Waals surface area contributed by atoms with Crippen molar-refractivity contribution in [2.24, 2.45) is 12.0 Å². The summed E-state index contributed by atoms with van der Waals surface area (Å²) < 4.78 is 2.00. The van der Waals surface area contributed by atoms with Gasteiger partial charge in [0.2, 0.25) is 0 Å². The number of aliphatic imine (C=N–C) groups is 1. The van der Waals surface area contributed by atoms with Crippen LogP contribution in [0.5, 0.6) is 0 Å². The summed E-state index contributed by atoms with van der Waals surface area (Å²) in [6.07, 6.45) is 1.94. The number of guanidine groups is 1. The van der Waals surface area contributed by atoms with Crippen LogP contribution in [0.4, 0.5) is 0 Å². The highest BCUT2D eigenvalue weighted by Gasteiger charge is 2.14. The van der Waals surface area contributed by atoms with Crippen molar-refractivity contribution in [2.75, 3.05) is 13.6 Å². The zero-order valence-corrected chi connectivity index (χ0v) is 16.2. The second-order valence-corrected chi connectivity index (χ2v) is 6.75. The first-order valence-electron chi connectivity index (χ1n) is 8.60. The van der Waals surface area contributed by atoms with E-state index in [2.05, 4.69) is 58.3 Å². The largest absolute Gasteiger partial charge is 0.356 e. The maximum atomic E-state index is 4.63. The van der Waals surface area contributed by atoms with E-state index in [0.717, 1.165) is 31.9 Å². The summed E-state index contributed by atoms with van der Waals surface area (Å²) in [4.78, 5) is 4.34. The molecule has 1 atom stereocenters. The third-order valence-electron chi connectivity index (χ3n) is 4.37. The summed E-state index contributed by atoms with van der Waals surface area (Å²) in [5, 5.41) is 15.8. The molecule has 2 rings (SSSR count). The number of hydrogen-bond acceptors (Lipinski definition) is 3. The molecule has 0 aliphatic heterocycles. The quantitative estimate of drug-likeness (QED) is 0.598. The Hall–Kier alpha value is -1.82. The average molecular weight is 348 g/mol. The van der Waals surface area contributed by atoms with E-state index in [0.29, 0.717) is 5.92 Å². The van der Waals surface area contributed by atoms with Gasteiger partial charge in [0.25, 0.3) is 0 Å². The van der Waals surface area contributed by atoms with Gasteiger partial charge >= 0.3 is 0 Å². The molecule has 0 amide bonds. The minimum atomic E-state index is 0.464. The van der Waals surface area contributed by atoms with Crippen LogP contribution in [-0.4, -0.2) is 29.3 Å². The maximum Gasteiger partial charge on any atom is 0.191 e. The molecule has 0 spiro atoms. The van der Waals surface area contributed by atoms with Gasteiger partial charge in [0, 0.05) is 38.4 Å². The second-order valence-electron chi connectivity index (χ2n) is 5.97. The molecule has 132 valence electrons. The molecule has 0 aromatic carbocycles. The van der Waals surface area contributed by atoms with Gasteiger partial charge in [-0.1, -0.05) is 20.8 Å². The van der Waals surface area contributed by atoms with E-state index in [1.54, 1.807) is 11.3 Å². The first-order chi connectivity index (χ1) is 11.6. The summed E-state index contributed by atoms with van der Waals surface area (Å²) in [5.41, 5.74) is 5.14. The van der Waals surface area contributed by atoms with Gasteiger partial charge < -0.3 is 10.6 Å². The van der Waals surface area contributed by atoms with Crippen molar-refractivity contribution in [3.8, 4) is 0 Å². The number of hydrogen-bond donors (Lipinski definition) is 2. The summed E-state index contributed by atoms with van der Waals surface area (Å²) >= 11 is 1.74.